The van der Waals surface area contributed by atoms with E-state index in [9.17, 15) is 4.79 Å². The number of hydrogen-bond donors (Lipinski definition) is 0. The summed E-state index contributed by atoms with van der Waals surface area (Å²) in [5, 5.41) is 7.98. The van der Waals surface area contributed by atoms with Crippen molar-refractivity contribution in [2.45, 2.75) is 13.3 Å². The number of rotatable bonds is 7. The zero-order chi connectivity index (χ0) is 11.8. The monoisotopic (exact) mass is 246 g/mol. The van der Waals surface area contributed by atoms with Gasteiger partial charge in [0.25, 0.3) is 5.19 Å². The summed E-state index contributed by atoms with van der Waals surface area (Å²) in [5.41, 5.74) is 0. The van der Waals surface area contributed by atoms with Crippen LogP contribution < -0.4 is 4.74 Å². The molecule has 0 unspecified atom stereocenters. The van der Waals surface area contributed by atoms with Gasteiger partial charge in [-0.25, -0.2) is 4.79 Å². The van der Waals surface area contributed by atoms with Crippen LogP contribution in [-0.4, -0.2) is 43.1 Å². The maximum atomic E-state index is 11.2. The molecule has 6 nitrogen and oxygen atoms in total. The van der Waals surface area contributed by atoms with Crippen molar-refractivity contribution >= 4 is 17.3 Å². The van der Waals surface area contributed by atoms with E-state index in [1.807, 2.05) is 0 Å². The van der Waals surface area contributed by atoms with E-state index in [2.05, 4.69) is 10.2 Å². The lowest BCUT2D eigenvalue weighted by molar-refractivity contribution is 0.0525. The lowest BCUT2D eigenvalue weighted by atomic mass is 10.5. The molecule has 0 aliphatic heterocycles. The van der Waals surface area contributed by atoms with E-state index >= 15 is 0 Å². The Morgan fingerprint density at radius 2 is 2.19 bits per heavy atom. The van der Waals surface area contributed by atoms with E-state index in [0.29, 0.717) is 25.0 Å². The zero-order valence-corrected chi connectivity index (χ0v) is 10.1. The first-order valence-electron chi connectivity index (χ1n) is 4.90. The molecule has 0 radical (unpaired) electrons. The summed E-state index contributed by atoms with van der Waals surface area (Å²) < 4.78 is 14.9. The SMILES string of the molecule is CCOC(=O)c1nnc(OCCCOC)s1. The molecule has 90 valence electrons. The molecule has 1 rings (SSSR count). The third kappa shape index (κ3) is 4.11. The molecule has 0 spiro atoms. The lowest BCUT2D eigenvalue weighted by Crippen LogP contribution is -2.03. The van der Waals surface area contributed by atoms with Gasteiger partial charge in [-0.2, -0.15) is 0 Å². The van der Waals surface area contributed by atoms with Gasteiger partial charge >= 0.3 is 5.97 Å². The molecule has 0 saturated carbocycles. The van der Waals surface area contributed by atoms with Gasteiger partial charge in [-0.15, -0.1) is 5.10 Å². The fraction of sp³-hybridized carbons (Fsp3) is 0.667. The van der Waals surface area contributed by atoms with Crippen LogP contribution in [-0.2, 0) is 9.47 Å². The summed E-state index contributed by atoms with van der Waals surface area (Å²) in [5.74, 6) is -0.466. The van der Waals surface area contributed by atoms with E-state index in [4.69, 9.17) is 14.2 Å². The van der Waals surface area contributed by atoms with Crippen LogP contribution in [0, 0.1) is 0 Å². The Morgan fingerprint density at radius 3 is 2.88 bits per heavy atom. The Morgan fingerprint density at radius 1 is 1.38 bits per heavy atom. The first kappa shape index (κ1) is 12.9. The van der Waals surface area contributed by atoms with Crippen molar-refractivity contribution in [3.05, 3.63) is 5.01 Å². The van der Waals surface area contributed by atoms with Gasteiger partial charge in [0.2, 0.25) is 5.01 Å². The average Bonchev–Trinajstić information content (AvgIpc) is 2.73. The molecule has 0 aliphatic carbocycles. The van der Waals surface area contributed by atoms with Crippen LogP contribution in [0.5, 0.6) is 5.19 Å². The molecule has 0 atom stereocenters. The highest BCUT2D eigenvalue weighted by atomic mass is 32.1. The molecule has 7 heteroatoms. The highest BCUT2D eigenvalue weighted by Gasteiger charge is 2.14. The number of aromatic nitrogens is 2. The third-order valence-corrected chi connectivity index (χ3v) is 2.39. The largest absolute Gasteiger partial charge is 0.469 e. The quantitative estimate of drug-likeness (QED) is 0.530. The van der Waals surface area contributed by atoms with E-state index in [1.165, 1.54) is 0 Å². The van der Waals surface area contributed by atoms with Crippen LogP contribution in [0.4, 0.5) is 0 Å². The Labute approximate surface area is 97.5 Å². The van der Waals surface area contributed by atoms with Gasteiger partial charge in [-0.3, -0.25) is 0 Å². The molecule has 1 aromatic rings. The molecule has 1 aromatic heterocycles. The Bertz CT molecular complexity index is 329. The van der Waals surface area contributed by atoms with Crippen molar-refractivity contribution < 1.29 is 19.0 Å². The van der Waals surface area contributed by atoms with Crippen molar-refractivity contribution in [1.29, 1.82) is 0 Å². The summed E-state index contributed by atoms with van der Waals surface area (Å²) >= 11 is 1.08. The van der Waals surface area contributed by atoms with Gasteiger partial charge in [0.05, 0.1) is 13.2 Å². The van der Waals surface area contributed by atoms with E-state index in [1.54, 1.807) is 14.0 Å². The maximum Gasteiger partial charge on any atom is 0.369 e. The second-order valence-electron chi connectivity index (χ2n) is 2.79. The molecule has 16 heavy (non-hydrogen) atoms. The van der Waals surface area contributed by atoms with E-state index in [0.717, 1.165) is 17.8 Å². The third-order valence-electron chi connectivity index (χ3n) is 1.57. The summed E-state index contributed by atoms with van der Waals surface area (Å²) in [6.45, 7) is 3.18. The number of ether oxygens (including phenoxy) is 3. The maximum absolute atomic E-state index is 11.2. The highest BCUT2D eigenvalue weighted by Crippen LogP contribution is 2.18. The van der Waals surface area contributed by atoms with Crippen molar-refractivity contribution in [1.82, 2.24) is 10.2 Å². The minimum absolute atomic E-state index is 0.212. The van der Waals surface area contributed by atoms with Crippen molar-refractivity contribution in [2.75, 3.05) is 26.9 Å². The summed E-state index contributed by atoms with van der Waals surface area (Å²) in [6, 6.07) is 0. The predicted molar refractivity (Wildman–Crippen MR) is 57.9 cm³/mol. The average molecular weight is 246 g/mol. The smallest absolute Gasteiger partial charge is 0.369 e. The van der Waals surface area contributed by atoms with Gasteiger partial charge in [0, 0.05) is 20.1 Å². The van der Waals surface area contributed by atoms with Crippen molar-refractivity contribution in [2.24, 2.45) is 0 Å². The standard InChI is InChI=1S/C9H14N2O4S/c1-3-14-8(12)7-10-11-9(16-7)15-6-4-5-13-2/h3-6H2,1-2H3. The number of methoxy groups -OCH3 is 1. The van der Waals surface area contributed by atoms with Gasteiger partial charge in [0.1, 0.15) is 0 Å². The van der Waals surface area contributed by atoms with Crippen LogP contribution >= 0.6 is 11.3 Å². The first-order chi connectivity index (χ1) is 7.77. The minimum Gasteiger partial charge on any atom is -0.469 e. The van der Waals surface area contributed by atoms with Gasteiger partial charge in [-0.05, 0) is 18.3 Å². The fourth-order valence-corrected chi connectivity index (χ4v) is 1.52. The Kier molecular flexibility index (Phi) is 5.73. The van der Waals surface area contributed by atoms with Gasteiger partial charge in [-0.1, -0.05) is 5.10 Å². The predicted octanol–water partition coefficient (Wildman–Crippen LogP) is 1.13. The van der Waals surface area contributed by atoms with Crippen LogP contribution in [0.25, 0.3) is 0 Å². The summed E-state index contributed by atoms with van der Waals surface area (Å²) in [6.07, 6.45) is 0.769. The first-order valence-corrected chi connectivity index (χ1v) is 5.72. The number of carbonyl (C=O) groups excluding carboxylic acids is 1. The molecule has 0 bridgehead atoms. The minimum atomic E-state index is -0.466. The number of nitrogens with zero attached hydrogens (tertiary/aromatic N) is 2. The Balaban J connectivity index is 2.36. The second-order valence-corrected chi connectivity index (χ2v) is 3.73. The fourth-order valence-electron chi connectivity index (χ4n) is 0.906. The molecule has 1 heterocycles. The lowest BCUT2D eigenvalue weighted by Gasteiger charge is -1.99. The summed E-state index contributed by atoms with van der Waals surface area (Å²) in [7, 11) is 1.63. The topological polar surface area (TPSA) is 70.5 Å². The number of hydrogen-bond acceptors (Lipinski definition) is 7. The molecule has 0 aromatic carbocycles. The molecular weight excluding hydrogens is 232 g/mol. The normalized spacial score (nSPS) is 10.1. The highest BCUT2D eigenvalue weighted by molar-refractivity contribution is 7.14. The Hall–Kier alpha value is -1.21. The zero-order valence-electron chi connectivity index (χ0n) is 9.26. The van der Waals surface area contributed by atoms with Crippen molar-refractivity contribution in [3.63, 3.8) is 0 Å². The van der Waals surface area contributed by atoms with Gasteiger partial charge in [0.15, 0.2) is 0 Å². The van der Waals surface area contributed by atoms with Crippen LogP contribution in [0.2, 0.25) is 0 Å². The molecule has 0 amide bonds. The van der Waals surface area contributed by atoms with Gasteiger partial charge < -0.3 is 14.2 Å². The van der Waals surface area contributed by atoms with Crippen LogP contribution in [0.15, 0.2) is 0 Å². The molecule has 0 aliphatic rings. The van der Waals surface area contributed by atoms with Crippen LogP contribution in [0.1, 0.15) is 23.1 Å². The molecule has 0 fully saturated rings. The molecule has 0 saturated heterocycles. The van der Waals surface area contributed by atoms with E-state index < -0.39 is 5.97 Å². The van der Waals surface area contributed by atoms with E-state index in [-0.39, 0.29) is 5.01 Å². The molecular formula is C9H14N2O4S. The number of carbonyl (C=O) groups is 1. The summed E-state index contributed by atoms with van der Waals surface area (Å²) in [4.78, 5) is 11.2. The number of esters is 1. The van der Waals surface area contributed by atoms with Crippen molar-refractivity contribution in [3.8, 4) is 5.19 Å². The van der Waals surface area contributed by atoms with Crippen LogP contribution in [0.3, 0.4) is 0 Å². The molecule has 0 N–H and O–H groups in total. The second kappa shape index (κ2) is 7.13.